The van der Waals surface area contributed by atoms with E-state index in [0.717, 1.165) is 19.0 Å². The summed E-state index contributed by atoms with van der Waals surface area (Å²) >= 11 is 0. The molecule has 0 spiro atoms. The average Bonchev–Trinajstić information content (AvgIpc) is 2.89. The lowest BCUT2D eigenvalue weighted by Crippen LogP contribution is -2.24. The molecule has 0 aromatic carbocycles. The lowest BCUT2D eigenvalue weighted by Gasteiger charge is -2.14. The highest BCUT2D eigenvalue weighted by Crippen LogP contribution is 2.18. The van der Waals surface area contributed by atoms with Crippen LogP contribution in [-0.2, 0) is 6.54 Å². The van der Waals surface area contributed by atoms with E-state index in [1.807, 2.05) is 17.9 Å². The highest BCUT2D eigenvalue weighted by atomic mass is 35.5. The molecular weight excluding hydrogens is 248 g/mol. The van der Waals surface area contributed by atoms with Crippen molar-refractivity contribution in [2.24, 2.45) is 5.92 Å². The topological polar surface area (TPSA) is 33.1 Å². The first-order chi connectivity index (χ1) is 8.19. The van der Waals surface area contributed by atoms with Crippen LogP contribution in [0.2, 0.25) is 0 Å². The Kier molecular flexibility index (Phi) is 6.12. The third kappa shape index (κ3) is 3.97. The summed E-state index contributed by atoms with van der Waals surface area (Å²) in [6.45, 7) is 8.95. The van der Waals surface area contributed by atoms with Crippen LogP contribution in [0.15, 0.2) is 12.4 Å². The van der Waals surface area contributed by atoms with Crippen molar-refractivity contribution in [1.82, 2.24) is 20.0 Å². The molecule has 1 N–H and O–H groups in total. The molecule has 1 aliphatic heterocycles. The number of rotatable bonds is 5. The second-order valence-electron chi connectivity index (χ2n) is 5.37. The molecule has 1 atom stereocenters. The summed E-state index contributed by atoms with van der Waals surface area (Å²) < 4.78 is 2.04. The van der Waals surface area contributed by atoms with Crippen LogP contribution < -0.4 is 5.32 Å². The lowest BCUT2D eigenvalue weighted by atomic mass is 10.1. The van der Waals surface area contributed by atoms with Crippen LogP contribution in [-0.4, -0.2) is 41.4 Å². The van der Waals surface area contributed by atoms with Crippen LogP contribution in [0, 0.1) is 5.92 Å². The van der Waals surface area contributed by atoms with Crippen molar-refractivity contribution in [1.29, 1.82) is 0 Å². The van der Waals surface area contributed by atoms with Gasteiger partial charge in [-0.1, -0.05) is 0 Å². The predicted octanol–water partition coefficient (Wildman–Crippen LogP) is 1.93. The third-order valence-electron chi connectivity index (χ3n) is 3.45. The van der Waals surface area contributed by atoms with Gasteiger partial charge in [0, 0.05) is 30.9 Å². The monoisotopic (exact) mass is 272 g/mol. The van der Waals surface area contributed by atoms with Gasteiger partial charge in [-0.25, -0.2) is 0 Å². The van der Waals surface area contributed by atoms with Crippen LogP contribution in [0.1, 0.15) is 31.9 Å². The zero-order chi connectivity index (χ0) is 12.3. The summed E-state index contributed by atoms with van der Waals surface area (Å²) in [4.78, 5) is 2.53. The molecule has 0 saturated carbocycles. The third-order valence-corrected chi connectivity index (χ3v) is 3.45. The van der Waals surface area contributed by atoms with E-state index in [2.05, 4.69) is 35.4 Å². The zero-order valence-corrected chi connectivity index (χ0v) is 12.4. The highest BCUT2D eigenvalue weighted by molar-refractivity contribution is 5.85. The van der Waals surface area contributed by atoms with E-state index in [1.165, 1.54) is 25.1 Å². The summed E-state index contributed by atoms with van der Waals surface area (Å²) in [5.41, 5.74) is 1.34. The molecule has 5 heteroatoms. The minimum atomic E-state index is 0. The van der Waals surface area contributed by atoms with E-state index < -0.39 is 0 Å². The van der Waals surface area contributed by atoms with E-state index in [1.54, 1.807) is 0 Å². The van der Waals surface area contributed by atoms with Gasteiger partial charge in [-0.15, -0.1) is 12.4 Å². The van der Waals surface area contributed by atoms with Crippen LogP contribution in [0.4, 0.5) is 0 Å². The van der Waals surface area contributed by atoms with Crippen LogP contribution >= 0.6 is 12.4 Å². The molecular formula is C13H25ClN4. The van der Waals surface area contributed by atoms with Gasteiger partial charge in [0.15, 0.2) is 0 Å². The molecule has 1 aliphatic rings. The van der Waals surface area contributed by atoms with Crippen molar-refractivity contribution >= 4 is 12.4 Å². The molecule has 2 rings (SSSR count). The smallest absolute Gasteiger partial charge is 0.0534 e. The summed E-state index contributed by atoms with van der Waals surface area (Å²) in [7, 11) is 2.04. The molecule has 0 bridgehead atoms. The second kappa shape index (κ2) is 7.12. The second-order valence-corrected chi connectivity index (χ2v) is 5.37. The van der Waals surface area contributed by atoms with Crippen molar-refractivity contribution in [2.75, 3.05) is 26.7 Å². The van der Waals surface area contributed by atoms with E-state index in [-0.39, 0.29) is 12.4 Å². The molecule has 2 heterocycles. The lowest BCUT2D eigenvalue weighted by molar-refractivity contribution is 0.315. The molecule has 104 valence electrons. The fourth-order valence-corrected chi connectivity index (χ4v) is 2.51. The van der Waals surface area contributed by atoms with Gasteiger partial charge in [-0.3, -0.25) is 9.58 Å². The first-order valence-electron chi connectivity index (χ1n) is 6.59. The van der Waals surface area contributed by atoms with Crippen molar-refractivity contribution < 1.29 is 0 Å². The maximum atomic E-state index is 4.39. The number of hydrogen-bond acceptors (Lipinski definition) is 3. The Morgan fingerprint density at radius 1 is 1.50 bits per heavy atom. The van der Waals surface area contributed by atoms with E-state index in [4.69, 9.17) is 0 Å². The Balaban J connectivity index is 0.00000162. The minimum absolute atomic E-state index is 0. The molecule has 1 aromatic rings. The largest absolute Gasteiger partial charge is 0.319 e. The number of nitrogens with one attached hydrogen (secondary N) is 1. The Morgan fingerprint density at radius 2 is 2.28 bits per heavy atom. The maximum Gasteiger partial charge on any atom is 0.0534 e. The molecule has 0 aliphatic carbocycles. The van der Waals surface area contributed by atoms with Crippen molar-refractivity contribution in [3.63, 3.8) is 0 Å². The Labute approximate surface area is 116 Å². The highest BCUT2D eigenvalue weighted by Gasteiger charge is 2.21. The zero-order valence-electron chi connectivity index (χ0n) is 11.6. The summed E-state index contributed by atoms with van der Waals surface area (Å²) in [5, 5.41) is 7.66. The van der Waals surface area contributed by atoms with E-state index >= 15 is 0 Å². The fourth-order valence-electron chi connectivity index (χ4n) is 2.51. The van der Waals surface area contributed by atoms with Gasteiger partial charge in [0.25, 0.3) is 0 Å². The average molecular weight is 273 g/mol. The minimum Gasteiger partial charge on any atom is -0.319 e. The van der Waals surface area contributed by atoms with Crippen LogP contribution in [0.3, 0.4) is 0 Å². The summed E-state index contributed by atoms with van der Waals surface area (Å²) in [5.74, 6) is 0.820. The number of aromatic nitrogens is 2. The summed E-state index contributed by atoms with van der Waals surface area (Å²) in [6.07, 6.45) is 5.50. The Morgan fingerprint density at radius 3 is 2.89 bits per heavy atom. The van der Waals surface area contributed by atoms with Gasteiger partial charge in [0.1, 0.15) is 0 Å². The van der Waals surface area contributed by atoms with Gasteiger partial charge >= 0.3 is 0 Å². The van der Waals surface area contributed by atoms with Crippen molar-refractivity contribution in [2.45, 2.75) is 32.9 Å². The van der Waals surface area contributed by atoms with Gasteiger partial charge in [0.2, 0.25) is 0 Å². The maximum absolute atomic E-state index is 4.39. The van der Waals surface area contributed by atoms with Crippen LogP contribution in [0.25, 0.3) is 0 Å². The van der Waals surface area contributed by atoms with Gasteiger partial charge < -0.3 is 5.32 Å². The molecule has 1 unspecified atom stereocenters. The molecule has 1 saturated heterocycles. The first kappa shape index (κ1) is 15.5. The number of likely N-dealkylation sites (tertiary alicyclic amines) is 1. The molecule has 1 aromatic heterocycles. The number of hydrogen-bond donors (Lipinski definition) is 1. The van der Waals surface area contributed by atoms with Crippen molar-refractivity contribution in [3.05, 3.63) is 18.0 Å². The SMILES string of the molecule is CNCC1CCN(Cc2cnn(C(C)C)c2)C1.Cl. The fraction of sp³-hybridized carbons (Fsp3) is 0.769. The Hall–Kier alpha value is -0.580. The molecule has 4 nitrogen and oxygen atoms in total. The predicted molar refractivity (Wildman–Crippen MR) is 77.2 cm³/mol. The van der Waals surface area contributed by atoms with E-state index in [0.29, 0.717) is 6.04 Å². The normalized spacial score (nSPS) is 20.3. The molecule has 0 amide bonds. The molecule has 1 fully saturated rings. The molecule has 18 heavy (non-hydrogen) atoms. The Bertz CT molecular complexity index is 351. The molecule has 0 radical (unpaired) electrons. The quantitative estimate of drug-likeness (QED) is 0.889. The van der Waals surface area contributed by atoms with Crippen molar-refractivity contribution in [3.8, 4) is 0 Å². The first-order valence-corrected chi connectivity index (χ1v) is 6.59. The number of halogens is 1. The number of nitrogens with zero attached hydrogens (tertiary/aromatic N) is 3. The summed E-state index contributed by atoms with van der Waals surface area (Å²) in [6, 6.07) is 0.458. The van der Waals surface area contributed by atoms with E-state index in [9.17, 15) is 0 Å². The van der Waals surface area contributed by atoms with Gasteiger partial charge in [-0.05, 0) is 46.3 Å². The van der Waals surface area contributed by atoms with Crippen LogP contribution in [0.5, 0.6) is 0 Å². The van der Waals surface area contributed by atoms with Gasteiger partial charge in [-0.2, -0.15) is 5.10 Å². The van der Waals surface area contributed by atoms with Gasteiger partial charge in [0.05, 0.1) is 6.20 Å². The standard InChI is InChI=1S/C13H24N4.ClH/c1-11(2)17-10-13(7-15-17)9-16-5-4-12(8-16)6-14-3;/h7,10-12,14H,4-6,8-9H2,1-3H3;1H.